The van der Waals surface area contributed by atoms with Gasteiger partial charge in [-0.05, 0) is 66.6 Å². The smallest absolute Gasteiger partial charge is 0.416 e. The first-order chi connectivity index (χ1) is 19.0. The van der Waals surface area contributed by atoms with Crippen LogP contribution in [0.4, 0.5) is 28.9 Å². The molecule has 0 bridgehead atoms. The fourth-order valence-electron chi connectivity index (χ4n) is 4.42. The predicted octanol–water partition coefficient (Wildman–Crippen LogP) is 8.29. The maximum atomic E-state index is 14.2. The van der Waals surface area contributed by atoms with Crippen molar-refractivity contribution in [1.29, 1.82) is 0 Å². The SMILES string of the molecule is Cc1ccc(-n2c(O)c(N=Nc3cccc(-c4cccc(C(=O)O)c4)c3O)c3cc(F)ccc32)cc1C(F)(F)F. The van der Waals surface area contributed by atoms with E-state index in [4.69, 9.17) is 0 Å². The number of para-hydroxylation sites is 1. The van der Waals surface area contributed by atoms with Gasteiger partial charge in [0.1, 0.15) is 11.5 Å². The van der Waals surface area contributed by atoms with Gasteiger partial charge in [0.05, 0.1) is 16.6 Å². The zero-order valence-corrected chi connectivity index (χ0v) is 20.6. The number of phenolic OH excluding ortho intramolecular Hbond substituents is 1. The van der Waals surface area contributed by atoms with Crippen molar-refractivity contribution in [2.45, 2.75) is 13.1 Å². The number of fused-ring (bicyclic) bond motifs is 1. The van der Waals surface area contributed by atoms with E-state index in [2.05, 4.69) is 10.2 Å². The summed E-state index contributed by atoms with van der Waals surface area (Å²) >= 11 is 0. The summed E-state index contributed by atoms with van der Waals surface area (Å²) < 4.78 is 56.0. The monoisotopic (exact) mass is 549 g/mol. The Morgan fingerprint density at radius 1 is 0.900 bits per heavy atom. The van der Waals surface area contributed by atoms with Gasteiger partial charge in [0.25, 0.3) is 0 Å². The van der Waals surface area contributed by atoms with Gasteiger partial charge in [-0.25, -0.2) is 9.18 Å². The lowest BCUT2D eigenvalue weighted by Crippen LogP contribution is -2.08. The molecule has 5 aromatic rings. The zero-order chi connectivity index (χ0) is 28.8. The van der Waals surface area contributed by atoms with E-state index in [1.807, 2.05) is 0 Å². The highest BCUT2D eigenvalue weighted by Crippen LogP contribution is 2.44. The lowest BCUT2D eigenvalue weighted by molar-refractivity contribution is -0.138. The lowest BCUT2D eigenvalue weighted by atomic mass is 10.0. The summed E-state index contributed by atoms with van der Waals surface area (Å²) in [6.45, 7) is 1.31. The number of rotatable bonds is 5. The standard InChI is InChI=1S/C29H19F4N3O4/c1-15-8-10-19(14-22(15)29(31,32)33)36-24-11-9-18(30)13-21(24)25(27(36)38)35-34-23-7-3-6-20(26(23)37)16-4-2-5-17(12-16)28(39)40/h2-14,37-38H,1H3,(H,39,40). The summed E-state index contributed by atoms with van der Waals surface area (Å²) in [6, 6.07) is 17.4. The number of aromatic nitrogens is 1. The number of carboxylic acids is 1. The normalized spacial score (nSPS) is 11.9. The second kappa shape index (κ2) is 9.84. The first-order valence-electron chi connectivity index (χ1n) is 11.7. The number of aryl methyl sites for hydroxylation is 1. The molecule has 0 aliphatic heterocycles. The Morgan fingerprint density at radius 3 is 2.38 bits per heavy atom. The molecule has 1 heterocycles. The van der Waals surface area contributed by atoms with Crippen LogP contribution in [0.3, 0.4) is 0 Å². The van der Waals surface area contributed by atoms with Gasteiger partial charge in [-0.1, -0.05) is 30.3 Å². The average molecular weight is 549 g/mol. The van der Waals surface area contributed by atoms with Crippen molar-refractivity contribution in [3.63, 3.8) is 0 Å². The zero-order valence-electron chi connectivity index (χ0n) is 20.6. The topological polar surface area (TPSA) is 107 Å². The number of benzene rings is 4. The van der Waals surface area contributed by atoms with E-state index in [-0.39, 0.29) is 50.4 Å². The molecule has 0 atom stereocenters. The molecule has 0 aliphatic carbocycles. The van der Waals surface area contributed by atoms with Crippen LogP contribution in [0, 0.1) is 12.7 Å². The number of aromatic hydroxyl groups is 2. The van der Waals surface area contributed by atoms with Crippen LogP contribution in [0.25, 0.3) is 27.7 Å². The molecule has 0 saturated carbocycles. The van der Waals surface area contributed by atoms with Crippen molar-refractivity contribution in [2.75, 3.05) is 0 Å². The van der Waals surface area contributed by atoms with Gasteiger partial charge in [-0.2, -0.15) is 13.2 Å². The fraction of sp³-hybridized carbons (Fsp3) is 0.0690. The molecule has 0 spiro atoms. The van der Waals surface area contributed by atoms with Crippen molar-refractivity contribution < 1.29 is 37.7 Å². The van der Waals surface area contributed by atoms with E-state index in [0.717, 1.165) is 22.8 Å². The van der Waals surface area contributed by atoms with Crippen LogP contribution in [0.2, 0.25) is 0 Å². The number of phenols is 1. The first-order valence-corrected chi connectivity index (χ1v) is 11.7. The molecule has 1 aromatic heterocycles. The quantitative estimate of drug-likeness (QED) is 0.151. The number of halogens is 4. The molecule has 202 valence electrons. The van der Waals surface area contributed by atoms with Gasteiger partial charge in [0, 0.05) is 16.6 Å². The van der Waals surface area contributed by atoms with Crippen LogP contribution in [-0.2, 0) is 6.18 Å². The lowest BCUT2D eigenvalue weighted by Gasteiger charge is -2.14. The Morgan fingerprint density at radius 2 is 1.65 bits per heavy atom. The van der Waals surface area contributed by atoms with Gasteiger partial charge in [0.2, 0.25) is 5.88 Å². The van der Waals surface area contributed by atoms with E-state index < -0.39 is 29.4 Å². The van der Waals surface area contributed by atoms with E-state index in [1.165, 1.54) is 49.4 Å². The second-order valence-electron chi connectivity index (χ2n) is 8.93. The largest absolute Gasteiger partial charge is 0.505 e. The summed E-state index contributed by atoms with van der Waals surface area (Å²) in [4.78, 5) is 11.3. The molecule has 0 amide bonds. The minimum absolute atomic E-state index is 0.00785. The van der Waals surface area contributed by atoms with E-state index in [0.29, 0.717) is 5.56 Å². The molecule has 0 radical (unpaired) electrons. The maximum Gasteiger partial charge on any atom is 0.416 e. The Balaban J connectivity index is 1.64. The molecule has 40 heavy (non-hydrogen) atoms. The highest BCUT2D eigenvalue weighted by molar-refractivity contribution is 5.96. The highest BCUT2D eigenvalue weighted by atomic mass is 19.4. The van der Waals surface area contributed by atoms with Crippen molar-refractivity contribution in [3.8, 4) is 28.4 Å². The van der Waals surface area contributed by atoms with Crippen molar-refractivity contribution in [2.24, 2.45) is 10.2 Å². The van der Waals surface area contributed by atoms with Gasteiger partial charge < -0.3 is 15.3 Å². The third-order valence-corrected chi connectivity index (χ3v) is 6.36. The number of carboxylic acid groups (broad SMARTS) is 1. The summed E-state index contributed by atoms with van der Waals surface area (Å²) in [5, 5.41) is 39.3. The van der Waals surface area contributed by atoms with Crippen LogP contribution in [0.1, 0.15) is 21.5 Å². The number of hydrogen-bond donors (Lipinski definition) is 3. The van der Waals surface area contributed by atoms with E-state index in [1.54, 1.807) is 18.2 Å². The molecule has 7 nitrogen and oxygen atoms in total. The number of hydrogen-bond acceptors (Lipinski definition) is 5. The molecule has 3 N–H and O–H groups in total. The number of azo groups is 1. The minimum Gasteiger partial charge on any atom is -0.505 e. The Kier molecular flexibility index (Phi) is 6.50. The third kappa shape index (κ3) is 4.73. The molecule has 5 rings (SSSR count). The minimum atomic E-state index is -4.64. The first kappa shape index (κ1) is 26.4. The highest BCUT2D eigenvalue weighted by Gasteiger charge is 2.33. The summed E-state index contributed by atoms with van der Waals surface area (Å²) in [5.74, 6) is -2.75. The number of alkyl halides is 3. The molecule has 0 aliphatic rings. The fourth-order valence-corrected chi connectivity index (χ4v) is 4.42. The summed E-state index contributed by atoms with van der Waals surface area (Å²) in [6.07, 6.45) is -4.64. The van der Waals surface area contributed by atoms with Crippen LogP contribution in [0.5, 0.6) is 11.6 Å². The maximum absolute atomic E-state index is 14.2. The third-order valence-electron chi connectivity index (χ3n) is 6.36. The Labute approximate surface area is 223 Å². The molecule has 4 aromatic carbocycles. The van der Waals surface area contributed by atoms with E-state index in [9.17, 15) is 37.7 Å². The molecular weight excluding hydrogens is 530 g/mol. The Bertz CT molecular complexity index is 1830. The molecule has 0 unspecified atom stereocenters. The van der Waals surface area contributed by atoms with Crippen LogP contribution < -0.4 is 0 Å². The van der Waals surface area contributed by atoms with Gasteiger partial charge in [-0.3, -0.25) is 4.57 Å². The average Bonchev–Trinajstić information content (AvgIpc) is 3.18. The van der Waals surface area contributed by atoms with Gasteiger partial charge >= 0.3 is 12.1 Å². The van der Waals surface area contributed by atoms with Crippen molar-refractivity contribution in [1.82, 2.24) is 4.57 Å². The number of carbonyl (C=O) groups is 1. The number of aromatic carboxylic acids is 1. The molecule has 0 fully saturated rings. The molecular formula is C29H19F4N3O4. The van der Waals surface area contributed by atoms with Crippen molar-refractivity contribution >= 4 is 28.2 Å². The van der Waals surface area contributed by atoms with Crippen LogP contribution in [0.15, 0.2) is 89.1 Å². The van der Waals surface area contributed by atoms with Crippen LogP contribution in [-0.4, -0.2) is 25.9 Å². The predicted molar refractivity (Wildman–Crippen MR) is 139 cm³/mol. The molecule has 11 heteroatoms. The Hall–Kier alpha value is -5.19. The van der Waals surface area contributed by atoms with Gasteiger partial charge in [-0.15, -0.1) is 10.2 Å². The van der Waals surface area contributed by atoms with E-state index >= 15 is 0 Å². The van der Waals surface area contributed by atoms with Crippen molar-refractivity contribution in [3.05, 3.63) is 101 Å². The number of nitrogens with zero attached hydrogens (tertiary/aromatic N) is 3. The van der Waals surface area contributed by atoms with Gasteiger partial charge in [0.15, 0.2) is 11.4 Å². The molecule has 0 saturated heterocycles. The van der Waals surface area contributed by atoms with Crippen LogP contribution >= 0.6 is 0 Å². The second-order valence-corrected chi connectivity index (χ2v) is 8.93. The summed E-state index contributed by atoms with van der Waals surface area (Å²) in [5.41, 5.74) is -0.385. The summed E-state index contributed by atoms with van der Waals surface area (Å²) in [7, 11) is 0.